The van der Waals surface area contributed by atoms with Gasteiger partial charge in [-0.05, 0) is 42.8 Å². The fraction of sp³-hybridized carbons (Fsp3) is 0.0833. The highest BCUT2D eigenvalue weighted by Gasteiger charge is 2.09. The third kappa shape index (κ3) is 2.87. The lowest BCUT2D eigenvalue weighted by atomic mass is 10.2. The van der Waals surface area contributed by atoms with Crippen LogP contribution in [-0.4, -0.2) is 11.1 Å². The smallest absolute Gasteiger partial charge is 0.345 e. The van der Waals surface area contributed by atoms with Crippen molar-refractivity contribution in [3.8, 4) is 10.8 Å². The van der Waals surface area contributed by atoms with E-state index in [1.54, 1.807) is 6.07 Å². The van der Waals surface area contributed by atoms with Gasteiger partial charge in [-0.3, -0.25) is 0 Å². The maximum atomic E-state index is 10.7. The van der Waals surface area contributed by atoms with E-state index in [1.165, 1.54) is 6.07 Å². The normalized spacial score (nSPS) is 10.2. The predicted molar refractivity (Wildman–Crippen MR) is 70.2 cm³/mol. The molecule has 88 valence electrons. The molecule has 0 amide bonds. The fourth-order valence-corrected chi connectivity index (χ4v) is 2.51. The van der Waals surface area contributed by atoms with Gasteiger partial charge in [-0.15, -0.1) is 0 Å². The van der Waals surface area contributed by atoms with E-state index in [2.05, 4.69) is 15.9 Å². The molecule has 0 aliphatic rings. The van der Waals surface area contributed by atoms with Gasteiger partial charge in [0.05, 0.1) is 0 Å². The van der Waals surface area contributed by atoms with Crippen molar-refractivity contribution in [3.05, 3.63) is 45.2 Å². The summed E-state index contributed by atoms with van der Waals surface area (Å²) in [5.41, 5.74) is 0.990. The van der Waals surface area contributed by atoms with Gasteiger partial charge in [0.1, 0.15) is 10.6 Å². The minimum Gasteiger partial charge on any atom is -0.477 e. The highest BCUT2D eigenvalue weighted by Crippen LogP contribution is 2.32. The molecule has 1 N–H and O–H groups in total. The lowest BCUT2D eigenvalue weighted by Gasteiger charge is -2.06. The van der Waals surface area contributed by atoms with Crippen molar-refractivity contribution < 1.29 is 14.6 Å². The summed E-state index contributed by atoms with van der Waals surface area (Å²) >= 11 is 4.49. The van der Waals surface area contributed by atoms with Gasteiger partial charge in [-0.1, -0.05) is 27.3 Å². The number of hydrogen-bond donors (Lipinski definition) is 1. The second-order valence-corrected chi connectivity index (χ2v) is 5.40. The van der Waals surface area contributed by atoms with Gasteiger partial charge in [0.15, 0.2) is 5.06 Å². The average Bonchev–Trinajstić information content (AvgIpc) is 2.71. The van der Waals surface area contributed by atoms with Crippen LogP contribution in [0.3, 0.4) is 0 Å². The lowest BCUT2D eigenvalue weighted by molar-refractivity contribution is 0.0702. The molecule has 0 saturated carbocycles. The number of halogens is 1. The average molecular weight is 313 g/mol. The third-order valence-corrected chi connectivity index (χ3v) is 3.58. The first-order valence-electron chi connectivity index (χ1n) is 4.83. The van der Waals surface area contributed by atoms with Gasteiger partial charge in [0.25, 0.3) is 0 Å². The number of aromatic carboxylic acids is 1. The standard InChI is InChI=1S/C12H9BrO3S/c1-7-6-8(13)2-3-9(7)16-11-5-4-10(17-11)12(14)15/h2-6H,1H3,(H,14,15). The Balaban J connectivity index is 2.22. The van der Waals surface area contributed by atoms with Crippen molar-refractivity contribution in [2.45, 2.75) is 6.92 Å². The van der Waals surface area contributed by atoms with E-state index in [0.717, 1.165) is 27.1 Å². The molecule has 2 rings (SSSR count). The van der Waals surface area contributed by atoms with E-state index in [9.17, 15) is 4.79 Å². The molecule has 0 atom stereocenters. The van der Waals surface area contributed by atoms with Crippen LogP contribution < -0.4 is 4.74 Å². The summed E-state index contributed by atoms with van der Waals surface area (Å²) in [5.74, 6) is -0.204. The van der Waals surface area contributed by atoms with E-state index in [1.807, 2.05) is 25.1 Å². The van der Waals surface area contributed by atoms with Crippen LogP contribution in [0.4, 0.5) is 0 Å². The van der Waals surface area contributed by atoms with Gasteiger partial charge < -0.3 is 9.84 Å². The molecule has 0 aliphatic carbocycles. The summed E-state index contributed by atoms with van der Waals surface area (Å²) in [6.45, 7) is 1.94. The van der Waals surface area contributed by atoms with E-state index in [4.69, 9.17) is 9.84 Å². The zero-order chi connectivity index (χ0) is 12.4. The van der Waals surface area contributed by atoms with Crippen molar-refractivity contribution in [1.82, 2.24) is 0 Å². The summed E-state index contributed by atoms with van der Waals surface area (Å²) in [6.07, 6.45) is 0. The van der Waals surface area contributed by atoms with Gasteiger partial charge in [-0.2, -0.15) is 0 Å². The predicted octanol–water partition coefficient (Wildman–Crippen LogP) is 4.31. The van der Waals surface area contributed by atoms with Crippen LogP contribution >= 0.6 is 27.3 Å². The third-order valence-electron chi connectivity index (χ3n) is 2.14. The first-order chi connectivity index (χ1) is 8.06. The zero-order valence-electron chi connectivity index (χ0n) is 8.94. The summed E-state index contributed by atoms with van der Waals surface area (Å²) < 4.78 is 6.62. The van der Waals surface area contributed by atoms with Crippen LogP contribution in [0.15, 0.2) is 34.8 Å². The van der Waals surface area contributed by atoms with Crippen LogP contribution in [0, 0.1) is 6.92 Å². The maximum absolute atomic E-state index is 10.7. The first kappa shape index (κ1) is 12.1. The van der Waals surface area contributed by atoms with Crippen LogP contribution in [-0.2, 0) is 0 Å². The minimum atomic E-state index is -0.933. The number of carboxylic acid groups (broad SMARTS) is 1. The molecule has 2 aromatic rings. The molecule has 0 aliphatic heterocycles. The lowest BCUT2D eigenvalue weighted by Crippen LogP contribution is -1.89. The van der Waals surface area contributed by atoms with Crippen molar-refractivity contribution >= 4 is 33.2 Å². The SMILES string of the molecule is Cc1cc(Br)ccc1Oc1ccc(C(=O)O)s1. The number of carbonyl (C=O) groups is 1. The Morgan fingerprint density at radius 1 is 1.35 bits per heavy atom. The van der Waals surface area contributed by atoms with Gasteiger partial charge in [0, 0.05) is 4.47 Å². The summed E-state index contributed by atoms with van der Waals surface area (Å²) in [4.78, 5) is 11.0. The highest BCUT2D eigenvalue weighted by molar-refractivity contribution is 9.10. The van der Waals surface area contributed by atoms with Crippen molar-refractivity contribution in [1.29, 1.82) is 0 Å². The number of benzene rings is 1. The number of ether oxygens (including phenoxy) is 1. The number of aryl methyl sites for hydroxylation is 1. The number of carboxylic acids is 1. The van der Waals surface area contributed by atoms with Crippen molar-refractivity contribution in [2.75, 3.05) is 0 Å². The number of thiophene rings is 1. The molecule has 0 radical (unpaired) electrons. The van der Waals surface area contributed by atoms with Gasteiger partial charge in [-0.25, -0.2) is 4.79 Å². The molecule has 3 nitrogen and oxygen atoms in total. The first-order valence-corrected chi connectivity index (χ1v) is 6.44. The number of rotatable bonds is 3. The Kier molecular flexibility index (Phi) is 3.49. The second-order valence-electron chi connectivity index (χ2n) is 3.44. The number of hydrogen-bond acceptors (Lipinski definition) is 3. The van der Waals surface area contributed by atoms with E-state index in [0.29, 0.717) is 5.06 Å². The second kappa shape index (κ2) is 4.89. The zero-order valence-corrected chi connectivity index (χ0v) is 11.3. The quantitative estimate of drug-likeness (QED) is 0.918. The van der Waals surface area contributed by atoms with E-state index >= 15 is 0 Å². The summed E-state index contributed by atoms with van der Waals surface area (Å²) in [7, 11) is 0. The molecule has 0 unspecified atom stereocenters. The Morgan fingerprint density at radius 2 is 2.12 bits per heavy atom. The molecule has 0 spiro atoms. The largest absolute Gasteiger partial charge is 0.477 e. The molecule has 0 bridgehead atoms. The van der Waals surface area contributed by atoms with Crippen molar-refractivity contribution in [2.24, 2.45) is 0 Å². The van der Waals surface area contributed by atoms with E-state index < -0.39 is 5.97 Å². The molecular weight excluding hydrogens is 304 g/mol. The molecule has 5 heteroatoms. The maximum Gasteiger partial charge on any atom is 0.345 e. The highest BCUT2D eigenvalue weighted by atomic mass is 79.9. The van der Waals surface area contributed by atoms with Crippen LogP contribution in [0.2, 0.25) is 0 Å². The Labute approximate surface area is 111 Å². The van der Waals surface area contributed by atoms with Crippen LogP contribution in [0.1, 0.15) is 15.2 Å². The van der Waals surface area contributed by atoms with E-state index in [-0.39, 0.29) is 4.88 Å². The molecule has 0 saturated heterocycles. The summed E-state index contributed by atoms with van der Waals surface area (Å²) in [6, 6.07) is 8.88. The Morgan fingerprint density at radius 3 is 2.71 bits per heavy atom. The van der Waals surface area contributed by atoms with Gasteiger partial charge in [0.2, 0.25) is 0 Å². The molecule has 1 aromatic carbocycles. The molecule has 1 heterocycles. The molecule has 0 fully saturated rings. The molecule has 1 aromatic heterocycles. The Bertz CT molecular complexity index is 563. The molecular formula is C12H9BrO3S. The monoisotopic (exact) mass is 312 g/mol. The van der Waals surface area contributed by atoms with Crippen molar-refractivity contribution in [3.63, 3.8) is 0 Å². The molecule has 17 heavy (non-hydrogen) atoms. The van der Waals surface area contributed by atoms with Gasteiger partial charge >= 0.3 is 5.97 Å². The minimum absolute atomic E-state index is 0.273. The van der Waals surface area contributed by atoms with Crippen LogP contribution in [0.5, 0.6) is 10.8 Å². The topological polar surface area (TPSA) is 46.5 Å². The summed E-state index contributed by atoms with van der Waals surface area (Å²) in [5, 5.41) is 9.38. The Hall–Kier alpha value is -1.33. The van der Waals surface area contributed by atoms with Crippen LogP contribution in [0.25, 0.3) is 0 Å². The fourth-order valence-electron chi connectivity index (χ4n) is 1.33.